The summed E-state index contributed by atoms with van der Waals surface area (Å²) in [5.41, 5.74) is 1.19. The Kier molecular flexibility index (Phi) is 2.95. The van der Waals surface area contributed by atoms with Gasteiger partial charge in [-0.25, -0.2) is 0 Å². The third kappa shape index (κ3) is 2.19. The van der Waals surface area contributed by atoms with Crippen molar-refractivity contribution < 1.29 is 9.84 Å². The number of rotatable bonds is 2. The van der Waals surface area contributed by atoms with E-state index in [1.165, 1.54) is 12.0 Å². The lowest BCUT2D eigenvalue weighted by Crippen LogP contribution is -2.36. The second kappa shape index (κ2) is 4.36. The first kappa shape index (κ1) is 12.2. The van der Waals surface area contributed by atoms with E-state index < -0.39 is 5.79 Å². The Morgan fingerprint density at radius 2 is 1.94 bits per heavy atom. The van der Waals surface area contributed by atoms with Crippen molar-refractivity contribution in [1.82, 2.24) is 0 Å². The third-order valence-electron chi connectivity index (χ3n) is 4.55. The number of fused-ring (bicyclic) bond motifs is 2. The molecule has 0 spiro atoms. The number of ether oxygens (including phenoxy) is 1. The zero-order valence-corrected chi connectivity index (χ0v) is 11.1. The van der Waals surface area contributed by atoms with Gasteiger partial charge in [0, 0.05) is 12.3 Å². The molecular weight excluding hydrogens is 224 g/mol. The highest BCUT2D eigenvalue weighted by Crippen LogP contribution is 2.49. The average molecular weight is 246 g/mol. The van der Waals surface area contributed by atoms with E-state index in [-0.39, 0.29) is 11.5 Å². The van der Waals surface area contributed by atoms with Gasteiger partial charge in [-0.3, -0.25) is 0 Å². The highest BCUT2D eigenvalue weighted by Gasteiger charge is 2.53. The topological polar surface area (TPSA) is 29.5 Å². The first-order valence-corrected chi connectivity index (χ1v) is 7.06. The molecule has 1 aromatic carbocycles. The fourth-order valence-corrected chi connectivity index (χ4v) is 3.65. The summed E-state index contributed by atoms with van der Waals surface area (Å²) in [6.45, 7) is 2.16. The fraction of sp³-hybridized carbons (Fsp3) is 0.625. The van der Waals surface area contributed by atoms with Crippen molar-refractivity contribution in [2.45, 2.75) is 56.8 Å². The molecule has 2 aliphatic heterocycles. The van der Waals surface area contributed by atoms with Crippen LogP contribution in [0.1, 0.15) is 44.6 Å². The van der Waals surface area contributed by atoms with Gasteiger partial charge in [0.1, 0.15) is 0 Å². The van der Waals surface area contributed by atoms with E-state index >= 15 is 0 Å². The van der Waals surface area contributed by atoms with Gasteiger partial charge in [0.15, 0.2) is 5.79 Å². The first-order valence-electron chi connectivity index (χ1n) is 7.06. The number of hydrogen-bond acceptors (Lipinski definition) is 2. The molecular formula is C16H22O2. The van der Waals surface area contributed by atoms with Crippen LogP contribution < -0.4 is 0 Å². The van der Waals surface area contributed by atoms with Crippen LogP contribution in [0.15, 0.2) is 30.3 Å². The van der Waals surface area contributed by atoms with E-state index in [4.69, 9.17) is 4.74 Å². The highest BCUT2D eigenvalue weighted by molar-refractivity contribution is 5.17. The predicted molar refractivity (Wildman–Crippen MR) is 71.2 cm³/mol. The largest absolute Gasteiger partial charge is 0.365 e. The summed E-state index contributed by atoms with van der Waals surface area (Å²) in [4.78, 5) is 0. The van der Waals surface area contributed by atoms with Gasteiger partial charge in [-0.15, -0.1) is 0 Å². The number of benzene rings is 1. The van der Waals surface area contributed by atoms with E-state index in [1.807, 2.05) is 6.07 Å². The average Bonchev–Trinajstić information content (AvgIpc) is 2.49. The van der Waals surface area contributed by atoms with Crippen molar-refractivity contribution in [2.24, 2.45) is 5.92 Å². The Labute approximate surface area is 109 Å². The van der Waals surface area contributed by atoms with Gasteiger partial charge >= 0.3 is 0 Å². The summed E-state index contributed by atoms with van der Waals surface area (Å²) in [5.74, 6) is -0.647. The molecule has 0 saturated carbocycles. The smallest absolute Gasteiger partial charge is 0.169 e. The SMILES string of the molecule is C[C@]12CCCC[C@](O)(O1)[C@@H](Cc1ccccc1)C2. The molecule has 1 aromatic rings. The zero-order chi connectivity index (χ0) is 12.6. The molecule has 0 amide bonds. The molecule has 0 aliphatic carbocycles. The normalized spacial score (nSPS) is 39.6. The Balaban J connectivity index is 1.81. The second-order valence-electron chi connectivity index (χ2n) is 6.19. The van der Waals surface area contributed by atoms with Gasteiger partial charge in [0.05, 0.1) is 5.60 Å². The van der Waals surface area contributed by atoms with Gasteiger partial charge in [0.2, 0.25) is 0 Å². The molecule has 2 bridgehead atoms. The van der Waals surface area contributed by atoms with Crippen LogP contribution in [0.5, 0.6) is 0 Å². The van der Waals surface area contributed by atoms with E-state index in [9.17, 15) is 5.11 Å². The Morgan fingerprint density at radius 3 is 2.72 bits per heavy atom. The molecule has 3 atom stereocenters. The fourth-order valence-electron chi connectivity index (χ4n) is 3.65. The van der Waals surface area contributed by atoms with Crippen LogP contribution >= 0.6 is 0 Å². The molecule has 1 N–H and O–H groups in total. The van der Waals surface area contributed by atoms with Crippen molar-refractivity contribution in [3.05, 3.63) is 35.9 Å². The second-order valence-corrected chi connectivity index (χ2v) is 6.19. The number of hydrogen-bond donors (Lipinski definition) is 1. The van der Waals surface area contributed by atoms with Crippen molar-refractivity contribution in [1.29, 1.82) is 0 Å². The lowest BCUT2D eigenvalue weighted by molar-refractivity contribution is -0.232. The maximum Gasteiger partial charge on any atom is 0.169 e. The summed E-state index contributed by atoms with van der Waals surface area (Å²) in [6, 6.07) is 10.4. The Hall–Kier alpha value is -0.860. The van der Waals surface area contributed by atoms with Crippen LogP contribution in [0.25, 0.3) is 0 Å². The molecule has 2 heterocycles. The molecule has 18 heavy (non-hydrogen) atoms. The molecule has 98 valence electrons. The van der Waals surface area contributed by atoms with Crippen LogP contribution in [0.4, 0.5) is 0 Å². The first-order chi connectivity index (χ1) is 8.60. The third-order valence-corrected chi connectivity index (χ3v) is 4.55. The van der Waals surface area contributed by atoms with Crippen molar-refractivity contribution in [2.75, 3.05) is 0 Å². The van der Waals surface area contributed by atoms with Gasteiger partial charge in [-0.2, -0.15) is 0 Å². The predicted octanol–water partition coefficient (Wildman–Crippen LogP) is 3.29. The Bertz CT molecular complexity index is 416. The zero-order valence-electron chi connectivity index (χ0n) is 11.1. The molecule has 2 nitrogen and oxygen atoms in total. The molecule has 3 rings (SSSR count). The summed E-state index contributed by atoms with van der Waals surface area (Å²) in [5, 5.41) is 10.8. The van der Waals surface area contributed by atoms with Crippen LogP contribution in [0.3, 0.4) is 0 Å². The minimum Gasteiger partial charge on any atom is -0.365 e. The van der Waals surface area contributed by atoms with E-state index in [1.54, 1.807) is 0 Å². The Morgan fingerprint density at radius 1 is 1.22 bits per heavy atom. The molecule has 2 fully saturated rings. The van der Waals surface area contributed by atoms with Gasteiger partial charge in [-0.1, -0.05) is 36.8 Å². The van der Waals surface area contributed by atoms with Gasteiger partial charge in [-0.05, 0) is 38.2 Å². The van der Waals surface area contributed by atoms with Crippen molar-refractivity contribution >= 4 is 0 Å². The molecule has 0 aromatic heterocycles. The summed E-state index contributed by atoms with van der Waals surface area (Å²) >= 11 is 0. The van der Waals surface area contributed by atoms with Gasteiger partial charge in [0.25, 0.3) is 0 Å². The minimum atomic E-state index is -0.888. The van der Waals surface area contributed by atoms with Crippen molar-refractivity contribution in [3.8, 4) is 0 Å². The van der Waals surface area contributed by atoms with Crippen LogP contribution in [0, 0.1) is 5.92 Å². The van der Waals surface area contributed by atoms with E-state index in [2.05, 4.69) is 31.2 Å². The molecule has 0 unspecified atom stereocenters. The van der Waals surface area contributed by atoms with Gasteiger partial charge < -0.3 is 9.84 Å². The van der Waals surface area contributed by atoms with E-state index in [0.717, 1.165) is 32.1 Å². The maximum absolute atomic E-state index is 10.8. The highest BCUT2D eigenvalue weighted by atomic mass is 16.6. The standard InChI is InChI=1S/C16H22O2/c1-15-9-5-6-10-16(17,18-15)14(12-15)11-13-7-3-2-4-8-13/h2-4,7-8,14,17H,5-6,9-12H2,1H3/t14-,15+,16-/m0/s1. The van der Waals surface area contributed by atoms with E-state index in [0.29, 0.717) is 0 Å². The van der Waals surface area contributed by atoms with Crippen LogP contribution in [-0.2, 0) is 11.2 Å². The minimum absolute atomic E-state index is 0.106. The lowest BCUT2D eigenvalue weighted by Gasteiger charge is -2.29. The quantitative estimate of drug-likeness (QED) is 0.867. The summed E-state index contributed by atoms with van der Waals surface area (Å²) in [6.07, 6.45) is 6.04. The monoisotopic (exact) mass is 246 g/mol. The lowest BCUT2D eigenvalue weighted by atomic mass is 9.80. The van der Waals surface area contributed by atoms with Crippen molar-refractivity contribution in [3.63, 3.8) is 0 Å². The number of aliphatic hydroxyl groups is 1. The molecule has 2 aliphatic rings. The molecule has 2 saturated heterocycles. The maximum atomic E-state index is 10.8. The van der Waals surface area contributed by atoms with Crippen LogP contribution in [-0.4, -0.2) is 16.5 Å². The van der Waals surface area contributed by atoms with Crippen LogP contribution in [0.2, 0.25) is 0 Å². The molecule has 0 radical (unpaired) electrons. The molecule has 2 heteroatoms. The summed E-state index contributed by atoms with van der Waals surface area (Å²) < 4.78 is 6.04. The summed E-state index contributed by atoms with van der Waals surface area (Å²) in [7, 11) is 0.